The van der Waals surface area contributed by atoms with E-state index >= 15 is 0 Å². The van der Waals surface area contributed by atoms with Crippen LogP contribution in [-0.2, 0) is 6.54 Å². The molecule has 1 aliphatic carbocycles. The summed E-state index contributed by atoms with van der Waals surface area (Å²) in [6.07, 6.45) is 7.75. The lowest BCUT2D eigenvalue weighted by atomic mass is 9.93. The van der Waals surface area contributed by atoms with E-state index in [4.69, 9.17) is 0 Å². The Labute approximate surface area is 96.3 Å². The molecule has 1 aliphatic rings. The van der Waals surface area contributed by atoms with Crippen LogP contribution in [0.15, 0.2) is 18.7 Å². The van der Waals surface area contributed by atoms with Gasteiger partial charge >= 0.3 is 0 Å². The van der Waals surface area contributed by atoms with Crippen molar-refractivity contribution in [2.45, 2.75) is 44.8 Å². The molecular weight excluding hydrogens is 200 g/mol. The lowest BCUT2D eigenvalue weighted by Gasteiger charge is -2.30. The average Bonchev–Trinajstić information content (AvgIpc) is 2.98. The maximum absolute atomic E-state index is 9.49. The first-order valence-corrected chi connectivity index (χ1v) is 5.81. The summed E-state index contributed by atoms with van der Waals surface area (Å²) in [6.45, 7) is 4.86. The van der Waals surface area contributed by atoms with Crippen LogP contribution in [0.4, 0.5) is 0 Å². The van der Waals surface area contributed by atoms with Crippen LogP contribution < -0.4 is 5.32 Å². The SMILES string of the molecule is CC(C)NC(C#N)(Cn1ccnc1)C1CC1. The Morgan fingerprint density at radius 1 is 1.62 bits per heavy atom. The highest BCUT2D eigenvalue weighted by Crippen LogP contribution is 2.40. The summed E-state index contributed by atoms with van der Waals surface area (Å²) >= 11 is 0. The first-order chi connectivity index (χ1) is 7.66. The predicted octanol–water partition coefficient (Wildman–Crippen LogP) is 1.55. The summed E-state index contributed by atoms with van der Waals surface area (Å²) in [5, 5.41) is 12.9. The topological polar surface area (TPSA) is 53.6 Å². The van der Waals surface area contributed by atoms with Crippen LogP contribution in [0.5, 0.6) is 0 Å². The largest absolute Gasteiger partial charge is 0.335 e. The predicted molar refractivity (Wildman–Crippen MR) is 61.6 cm³/mol. The molecule has 1 saturated carbocycles. The molecular formula is C12H18N4. The van der Waals surface area contributed by atoms with E-state index in [1.165, 1.54) is 0 Å². The summed E-state index contributed by atoms with van der Waals surface area (Å²) in [5.41, 5.74) is -0.422. The van der Waals surface area contributed by atoms with Crippen molar-refractivity contribution < 1.29 is 0 Å². The van der Waals surface area contributed by atoms with Gasteiger partial charge in [0.15, 0.2) is 0 Å². The number of nitrogens with zero attached hydrogens (tertiary/aromatic N) is 3. The molecule has 0 aliphatic heterocycles. The first-order valence-electron chi connectivity index (χ1n) is 5.81. The molecule has 0 aromatic carbocycles. The first kappa shape index (κ1) is 11.2. The molecule has 2 rings (SSSR count). The zero-order valence-electron chi connectivity index (χ0n) is 9.85. The maximum Gasteiger partial charge on any atom is 0.127 e. The Bertz CT molecular complexity index is 372. The Kier molecular flexibility index (Phi) is 2.97. The van der Waals surface area contributed by atoms with E-state index < -0.39 is 5.54 Å². The summed E-state index contributed by atoms with van der Waals surface area (Å²) < 4.78 is 1.98. The number of aromatic nitrogens is 2. The van der Waals surface area contributed by atoms with Gasteiger partial charge in [0.25, 0.3) is 0 Å². The van der Waals surface area contributed by atoms with Crippen LogP contribution in [0.25, 0.3) is 0 Å². The van der Waals surface area contributed by atoms with Gasteiger partial charge in [-0.2, -0.15) is 5.26 Å². The minimum atomic E-state index is -0.422. The van der Waals surface area contributed by atoms with Gasteiger partial charge in [-0.1, -0.05) is 0 Å². The molecule has 1 aromatic rings. The molecule has 16 heavy (non-hydrogen) atoms. The van der Waals surface area contributed by atoms with Gasteiger partial charge in [0.2, 0.25) is 0 Å². The number of rotatable bonds is 5. The van der Waals surface area contributed by atoms with E-state index in [-0.39, 0.29) is 0 Å². The minimum absolute atomic E-state index is 0.323. The van der Waals surface area contributed by atoms with Crippen LogP contribution in [0, 0.1) is 17.2 Å². The molecule has 0 amide bonds. The third-order valence-corrected chi connectivity index (χ3v) is 3.01. The van der Waals surface area contributed by atoms with E-state index in [9.17, 15) is 5.26 Å². The van der Waals surface area contributed by atoms with Gasteiger partial charge < -0.3 is 4.57 Å². The number of hydrogen-bond acceptors (Lipinski definition) is 3. The molecule has 0 spiro atoms. The number of nitriles is 1. The Morgan fingerprint density at radius 3 is 2.81 bits per heavy atom. The van der Waals surface area contributed by atoms with Crippen LogP contribution in [-0.4, -0.2) is 21.1 Å². The van der Waals surface area contributed by atoms with E-state index in [2.05, 4.69) is 30.2 Å². The van der Waals surface area contributed by atoms with Crippen molar-refractivity contribution in [2.75, 3.05) is 0 Å². The molecule has 0 saturated heterocycles. The molecule has 1 heterocycles. The second-order valence-electron chi connectivity index (χ2n) is 4.89. The number of nitrogens with one attached hydrogen (secondary N) is 1. The minimum Gasteiger partial charge on any atom is -0.335 e. The quantitative estimate of drug-likeness (QED) is 0.816. The summed E-state index contributed by atoms with van der Waals surface area (Å²) in [6, 6.07) is 2.81. The van der Waals surface area contributed by atoms with Crippen molar-refractivity contribution in [1.29, 1.82) is 5.26 Å². The zero-order valence-corrected chi connectivity index (χ0v) is 9.85. The van der Waals surface area contributed by atoms with Crippen molar-refractivity contribution in [3.05, 3.63) is 18.7 Å². The number of hydrogen-bond donors (Lipinski definition) is 1. The molecule has 1 aromatic heterocycles. The maximum atomic E-state index is 9.49. The van der Waals surface area contributed by atoms with Crippen molar-refractivity contribution in [2.24, 2.45) is 5.92 Å². The standard InChI is InChI=1S/C12H18N4/c1-10(2)15-12(7-13,11-3-4-11)8-16-6-5-14-9-16/h5-6,9-11,15H,3-4,8H2,1-2H3. The molecule has 1 unspecified atom stereocenters. The van der Waals surface area contributed by atoms with Crippen molar-refractivity contribution in [1.82, 2.24) is 14.9 Å². The zero-order chi connectivity index (χ0) is 11.6. The molecule has 1 fully saturated rings. The summed E-state index contributed by atoms with van der Waals surface area (Å²) in [4.78, 5) is 4.03. The van der Waals surface area contributed by atoms with E-state index in [1.54, 1.807) is 12.5 Å². The van der Waals surface area contributed by atoms with Gasteiger partial charge in [0.05, 0.1) is 18.9 Å². The molecule has 86 valence electrons. The molecule has 4 heteroatoms. The Morgan fingerprint density at radius 2 is 2.38 bits per heavy atom. The van der Waals surface area contributed by atoms with Crippen LogP contribution >= 0.6 is 0 Å². The van der Waals surface area contributed by atoms with Crippen molar-refractivity contribution in [3.8, 4) is 6.07 Å². The van der Waals surface area contributed by atoms with E-state index in [0.29, 0.717) is 18.5 Å². The lowest BCUT2D eigenvalue weighted by molar-refractivity contribution is 0.294. The Hall–Kier alpha value is -1.34. The fourth-order valence-corrected chi connectivity index (χ4v) is 2.21. The Balaban J connectivity index is 2.16. The third-order valence-electron chi connectivity index (χ3n) is 3.01. The normalized spacial score (nSPS) is 19.4. The van der Waals surface area contributed by atoms with Crippen LogP contribution in [0.2, 0.25) is 0 Å². The molecule has 1 N–H and O–H groups in total. The third kappa shape index (κ3) is 2.25. The molecule has 0 bridgehead atoms. The van der Waals surface area contributed by atoms with Crippen molar-refractivity contribution >= 4 is 0 Å². The second kappa shape index (κ2) is 4.26. The van der Waals surface area contributed by atoms with Gasteiger partial charge in [-0.05, 0) is 32.6 Å². The summed E-state index contributed by atoms with van der Waals surface area (Å²) in [7, 11) is 0. The molecule has 0 radical (unpaired) electrons. The highest BCUT2D eigenvalue weighted by Gasteiger charge is 2.46. The van der Waals surface area contributed by atoms with E-state index in [1.807, 2.05) is 10.8 Å². The summed E-state index contributed by atoms with van der Waals surface area (Å²) in [5.74, 6) is 0.488. The van der Waals surface area contributed by atoms with Crippen molar-refractivity contribution in [3.63, 3.8) is 0 Å². The van der Waals surface area contributed by atoms with Gasteiger partial charge in [-0.15, -0.1) is 0 Å². The van der Waals surface area contributed by atoms with Gasteiger partial charge in [-0.3, -0.25) is 5.32 Å². The highest BCUT2D eigenvalue weighted by molar-refractivity contribution is 5.15. The van der Waals surface area contributed by atoms with Gasteiger partial charge in [0.1, 0.15) is 5.54 Å². The average molecular weight is 218 g/mol. The van der Waals surface area contributed by atoms with Crippen LogP contribution in [0.3, 0.4) is 0 Å². The van der Waals surface area contributed by atoms with E-state index in [0.717, 1.165) is 12.8 Å². The molecule has 1 atom stereocenters. The second-order valence-corrected chi connectivity index (χ2v) is 4.89. The van der Waals surface area contributed by atoms with Gasteiger partial charge in [0, 0.05) is 18.4 Å². The monoisotopic (exact) mass is 218 g/mol. The smallest absolute Gasteiger partial charge is 0.127 e. The van der Waals surface area contributed by atoms with Crippen LogP contribution in [0.1, 0.15) is 26.7 Å². The lowest BCUT2D eigenvalue weighted by Crippen LogP contribution is -2.52. The molecule has 4 nitrogen and oxygen atoms in total. The fourth-order valence-electron chi connectivity index (χ4n) is 2.21. The number of imidazole rings is 1. The fraction of sp³-hybridized carbons (Fsp3) is 0.667. The highest BCUT2D eigenvalue weighted by atomic mass is 15.1. The van der Waals surface area contributed by atoms with Gasteiger partial charge in [-0.25, -0.2) is 4.98 Å².